The van der Waals surface area contributed by atoms with E-state index in [1.165, 1.54) is 0 Å². The van der Waals surface area contributed by atoms with Crippen LogP contribution >= 0.6 is 23.2 Å². The number of nitrogens with one attached hydrogen (secondary N) is 1. The maximum absolute atomic E-state index is 12.2. The van der Waals surface area contributed by atoms with Gasteiger partial charge in [0.05, 0.1) is 15.7 Å². The van der Waals surface area contributed by atoms with Crippen LogP contribution < -0.4 is 5.32 Å². The molecule has 2 aromatic carbocycles. The number of esters is 1. The molecule has 0 radical (unpaired) electrons. The van der Waals surface area contributed by atoms with Crippen LogP contribution in [0, 0.1) is 6.92 Å². The van der Waals surface area contributed by atoms with E-state index in [0.29, 0.717) is 22.4 Å². The Hall–Kier alpha value is -2.83. The standard InChI is InChI=1S/C19H14Cl2N2O4/c1-11-17(23-18(27-11)12-6-3-2-4-7-12)19(25)26-10-15(24)22-14-9-5-8-13(20)16(14)21/h2-9H,10H2,1H3,(H,22,24). The number of anilines is 1. The topological polar surface area (TPSA) is 81.4 Å². The molecule has 1 heterocycles. The molecule has 0 atom stereocenters. The third-order valence-electron chi connectivity index (χ3n) is 3.57. The van der Waals surface area contributed by atoms with Crippen LogP contribution in [0.25, 0.3) is 11.5 Å². The second-order valence-electron chi connectivity index (χ2n) is 5.52. The summed E-state index contributed by atoms with van der Waals surface area (Å²) in [4.78, 5) is 28.4. The summed E-state index contributed by atoms with van der Waals surface area (Å²) in [7, 11) is 0. The molecule has 0 spiro atoms. The number of aromatic nitrogens is 1. The number of rotatable bonds is 5. The maximum Gasteiger partial charge on any atom is 0.361 e. The van der Waals surface area contributed by atoms with E-state index < -0.39 is 18.5 Å². The van der Waals surface area contributed by atoms with Gasteiger partial charge in [-0.2, -0.15) is 0 Å². The van der Waals surface area contributed by atoms with E-state index in [9.17, 15) is 9.59 Å². The van der Waals surface area contributed by atoms with Gasteiger partial charge in [-0.3, -0.25) is 4.79 Å². The molecule has 27 heavy (non-hydrogen) atoms. The fraction of sp³-hybridized carbons (Fsp3) is 0.105. The van der Waals surface area contributed by atoms with E-state index in [1.54, 1.807) is 25.1 Å². The molecular formula is C19H14Cl2N2O4. The number of benzene rings is 2. The smallest absolute Gasteiger partial charge is 0.361 e. The molecule has 0 saturated carbocycles. The van der Waals surface area contributed by atoms with Crippen molar-refractivity contribution in [2.24, 2.45) is 0 Å². The number of carbonyl (C=O) groups excluding carboxylic acids is 2. The first-order valence-electron chi connectivity index (χ1n) is 7.89. The van der Waals surface area contributed by atoms with Crippen LogP contribution in [0.3, 0.4) is 0 Å². The Morgan fingerprint density at radius 1 is 1.11 bits per heavy atom. The lowest BCUT2D eigenvalue weighted by Crippen LogP contribution is -2.21. The van der Waals surface area contributed by atoms with Gasteiger partial charge in [0.15, 0.2) is 12.3 Å². The van der Waals surface area contributed by atoms with Crippen LogP contribution in [0.1, 0.15) is 16.2 Å². The number of carbonyl (C=O) groups is 2. The Morgan fingerprint density at radius 2 is 1.85 bits per heavy atom. The SMILES string of the molecule is Cc1oc(-c2ccccc2)nc1C(=O)OCC(=O)Nc1cccc(Cl)c1Cl. The van der Waals surface area contributed by atoms with E-state index in [2.05, 4.69) is 10.3 Å². The van der Waals surface area contributed by atoms with Crippen molar-refractivity contribution in [1.29, 1.82) is 0 Å². The largest absolute Gasteiger partial charge is 0.451 e. The first kappa shape index (κ1) is 18.9. The van der Waals surface area contributed by atoms with E-state index in [4.69, 9.17) is 32.4 Å². The zero-order valence-corrected chi connectivity index (χ0v) is 15.7. The Bertz CT molecular complexity index is 987. The first-order valence-corrected chi connectivity index (χ1v) is 8.65. The minimum absolute atomic E-state index is 0.0161. The molecule has 3 rings (SSSR count). The normalized spacial score (nSPS) is 10.5. The Balaban J connectivity index is 1.63. The second-order valence-corrected chi connectivity index (χ2v) is 6.30. The van der Waals surface area contributed by atoms with Gasteiger partial charge in [-0.15, -0.1) is 0 Å². The van der Waals surface area contributed by atoms with E-state index in [-0.39, 0.29) is 10.7 Å². The molecule has 6 nitrogen and oxygen atoms in total. The molecule has 0 aliphatic carbocycles. The van der Waals surface area contributed by atoms with Crippen molar-refractivity contribution in [3.05, 3.63) is 70.0 Å². The first-order chi connectivity index (χ1) is 13.0. The number of amides is 1. The van der Waals surface area contributed by atoms with Crippen molar-refractivity contribution in [1.82, 2.24) is 4.98 Å². The van der Waals surface area contributed by atoms with Crippen molar-refractivity contribution in [3.8, 4) is 11.5 Å². The summed E-state index contributed by atoms with van der Waals surface area (Å²) in [5.74, 6) is -0.713. The number of hydrogen-bond donors (Lipinski definition) is 1. The number of ether oxygens (including phenoxy) is 1. The van der Waals surface area contributed by atoms with Gasteiger partial charge in [-0.1, -0.05) is 47.5 Å². The predicted molar refractivity (Wildman–Crippen MR) is 102 cm³/mol. The molecule has 3 aromatic rings. The summed E-state index contributed by atoms with van der Waals surface area (Å²) >= 11 is 11.9. The summed E-state index contributed by atoms with van der Waals surface area (Å²) in [5, 5.41) is 3.04. The van der Waals surface area contributed by atoms with E-state index >= 15 is 0 Å². The van der Waals surface area contributed by atoms with Crippen LogP contribution in [0.15, 0.2) is 52.9 Å². The van der Waals surface area contributed by atoms with Crippen LogP contribution in [-0.4, -0.2) is 23.5 Å². The Kier molecular flexibility index (Phi) is 5.78. The van der Waals surface area contributed by atoms with Gasteiger partial charge >= 0.3 is 5.97 Å². The monoisotopic (exact) mass is 404 g/mol. The van der Waals surface area contributed by atoms with Crippen LogP contribution in [0.5, 0.6) is 0 Å². The third kappa shape index (κ3) is 4.48. The minimum atomic E-state index is -0.759. The van der Waals surface area contributed by atoms with Crippen molar-refractivity contribution >= 4 is 40.8 Å². The highest BCUT2D eigenvalue weighted by Crippen LogP contribution is 2.29. The van der Waals surface area contributed by atoms with Gasteiger partial charge in [-0.25, -0.2) is 9.78 Å². The van der Waals surface area contributed by atoms with Crippen LogP contribution in [-0.2, 0) is 9.53 Å². The van der Waals surface area contributed by atoms with Crippen molar-refractivity contribution < 1.29 is 18.7 Å². The lowest BCUT2D eigenvalue weighted by atomic mass is 10.2. The maximum atomic E-state index is 12.2. The molecule has 0 aliphatic rings. The fourth-order valence-corrected chi connectivity index (χ4v) is 2.62. The summed E-state index contributed by atoms with van der Waals surface area (Å²) in [6.45, 7) is 1.09. The van der Waals surface area contributed by atoms with Crippen LogP contribution in [0.2, 0.25) is 10.0 Å². The zero-order chi connectivity index (χ0) is 19.4. The molecule has 0 saturated heterocycles. The number of oxazole rings is 1. The Morgan fingerprint density at radius 3 is 2.59 bits per heavy atom. The molecule has 0 unspecified atom stereocenters. The number of halogens is 2. The second kappa shape index (κ2) is 8.24. The van der Waals surface area contributed by atoms with Crippen LogP contribution in [0.4, 0.5) is 5.69 Å². The van der Waals surface area contributed by atoms with Gasteiger partial charge in [0.2, 0.25) is 5.89 Å². The molecule has 1 amide bonds. The van der Waals surface area contributed by atoms with Gasteiger partial charge in [0.25, 0.3) is 5.91 Å². The fourth-order valence-electron chi connectivity index (χ4n) is 2.28. The van der Waals surface area contributed by atoms with Gasteiger partial charge in [0.1, 0.15) is 5.76 Å². The zero-order valence-electron chi connectivity index (χ0n) is 14.2. The molecule has 8 heteroatoms. The highest BCUT2D eigenvalue weighted by molar-refractivity contribution is 6.44. The van der Waals surface area contributed by atoms with E-state index in [0.717, 1.165) is 5.56 Å². The Labute approximate surface area is 165 Å². The summed E-state index contributed by atoms with van der Waals surface area (Å²) in [6, 6.07) is 14.0. The van der Waals surface area contributed by atoms with Gasteiger partial charge < -0.3 is 14.5 Å². The van der Waals surface area contributed by atoms with Crippen molar-refractivity contribution in [2.75, 3.05) is 11.9 Å². The third-order valence-corrected chi connectivity index (χ3v) is 4.39. The average molecular weight is 405 g/mol. The molecule has 1 N–H and O–H groups in total. The number of aryl methyl sites for hydroxylation is 1. The van der Waals surface area contributed by atoms with Gasteiger partial charge in [-0.05, 0) is 31.2 Å². The van der Waals surface area contributed by atoms with Gasteiger partial charge in [0, 0.05) is 5.56 Å². The van der Waals surface area contributed by atoms with E-state index in [1.807, 2.05) is 30.3 Å². The van der Waals surface area contributed by atoms with Crippen molar-refractivity contribution in [2.45, 2.75) is 6.92 Å². The highest BCUT2D eigenvalue weighted by atomic mass is 35.5. The summed E-state index contributed by atoms with van der Waals surface area (Å²) < 4.78 is 10.5. The van der Waals surface area contributed by atoms with Crippen molar-refractivity contribution in [3.63, 3.8) is 0 Å². The quantitative estimate of drug-likeness (QED) is 0.620. The molecule has 0 bridgehead atoms. The highest BCUT2D eigenvalue weighted by Gasteiger charge is 2.20. The summed E-state index contributed by atoms with van der Waals surface area (Å²) in [5.41, 5.74) is 1.07. The lowest BCUT2D eigenvalue weighted by molar-refractivity contribution is -0.119. The number of hydrogen-bond acceptors (Lipinski definition) is 5. The molecular weight excluding hydrogens is 391 g/mol. The molecule has 0 aliphatic heterocycles. The molecule has 0 fully saturated rings. The molecule has 1 aromatic heterocycles. The predicted octanol–water partition coefficient (Wildman–Crippen LogP) is 4.75. The molecule has 138 valence electrons. The lowest BCUT2D eigenvalue weighted by Gasteiger charge is -2.08. The number of nitrogens with zero attached hydrogens (tertiary/aromatic N) is 1. The average Bonchev–Trinajstić information content (AvgIpc) is 3.06. The minimum Gasteiger partial charge on any atom is -0.451 e. The summed E-state index contributed by atoms with van der Waals surface area (Å²) in [6.07, 6.45) is 0.